The van der Waals surface area contributed by atoms with E-state index in [2.05, 4.69) is 5.32 Å². The topological polar surface area (TPSA) is 84.6 Å². The number of aliphatic hydroxyl groups excluding tert-OH is 1. The first-order chi connectivity index (χ1) is 9.21. The van der Waals surface area contributed by atoms with Crippen LogP contribution in [0, 0.1) is 6.92 Å². The van der Waals surface area contributed by atoms with Gasteiger partial charge in [0.15, 0.2) is 0 Å². The molecule has 0 saturated heterocycles. The summed E-state index contributed by atoms with van der Waals surface area (Å²) in [6, 6.07) is 5.40. The van der Waals surface area contributed by atoms with Crippen LogP contribution in [0.1, 0.15) is 31.9 Å². The number of aryl methyl sites for hydroxylation is 1. The number of hydrogen-bond acceptors (Lipinski definition) is 4. The predicted octanol–water partition coefficient (Wildman–Crippen LogP) is 2.20. The molecule has 0 spiro atoms. The van der Waals surface area contributed by atoms with Crippen molar-refractivity contribution in [3.05, 3.63) is 29.3 Å². The number of rotatable bonds is 4. The molecule has 0 bridgehead atoms. The number of ether oxygens (including phenoxy) is 1. The molecule has 0 aliphatic heterocycles. The third-order valence-electron chi connectivity index (χ3n) is 2.67. The quantitative estimate of drug-likeness (QED) is 0.789. The summed E-state index contributed by atoms with van der Waals surface area (Å²) < 4.78 is 5.22. The van der Waals surface area contributed by atoms with Gasteiger partial charge in [-0.1, -0.05) is 12.1 Å². The zero-order chi connectivity index (χ0) is 15.3. The minimum atomic E-state index is -0.533. The molecule has 4 N–H and O–H groups in total. The van der Waals surface area contributed by atoms with E-state index in [1.54, 1.807) is 0 Å². The Bertz CT molecular complexity index is 467. The second-order valence-electron chi connectivity index (χ2n) is 5.92. The number of nitrogens with two attached hydrogens (primary N) is 1. The Balaban J connectivity index is 2.79. The highest BCUT2D eigenvalue weighted by Gasteiger charge is 2.17. The second-order valence-corrected chi connectivity index (χ2v) is 5.92. The molecule has 20 heavy (non-hydrogen) atoms. The van der Waals surface area contributed by atoms with Crippen molar-refractivity contribution >= 4 is 11.8 Å². The fourth-order valence-electron chi connectivity index (χ4n) is 1.71. The van der Waals surface area contributed by atoms with Crippen LogP contribution in [-0.2, 0) is 11.2 Å². The number of hydrogen-bond donors (Lipinski definition) is 3. The Labute approximate surface area is 120 Å². The molecule has 1 atom stereocenters. The van der Waals surface area contributed by atoms with Crippen molar-refractivity contribution in [3.63, 3.8) is 0 Å². The van der Waals surface area contributed by atoms with Gasteiger partial charge in [0, 0.05) is 11.7 Å². The molecule has 0 aromatic heterocycles. The minimum Gasteiger partial charge on any atom is -0.444 e. The standard InChI is InChI=1S/C15H24N2O3/c1-10-5-6-11(7-12(16)9-18)8-13(10)17-14(19)20-15(2,3)4/h5-6,8,12,18H,7,9,16H2,1-4H3,(H,17,19). The number of benzene rings is 1. The lowest BCUT2D eigenvalue weighted by Gasteiger charge is -2.20. The molecule has 1 amide bonds. The molecule has 0 saturated carbocycles. The largest absolute Gasteiger partial charge is 0.444 e. The summed E-state index contributed by atoms with van der Waals surface area (Å²) in [5.74, 6) is 0. The van der Waals surface area contributed by atoms with Crippen molar-refractivity contribution in [1.29, 1.82) is 0 Å². The summed E-state index contributed by atoms with van der Waals surface area (Å²) in [6.07, 6.45) is 0.0731. The van der Waals surface area contributed by atoms with Gasteiger partial charge in [-0.15, -0.1) is 0 Å². The van der Waals surface area contributed by atoms with Gasteiger partial charge in [-0.2, -0.15) is 0 Å². The summed E-state index contributed by atoms with van der Waals surface area (Å²) in [4.78, 5) is 11.8. The van der Waals surface area contributed by atoms with Crippen LogP contribution in [-0.4, -0.2) is 29.4 Å². The lowest BCUT2D eigenvalue weighted by Crippen LogP contribution is -2.28. The fourth-order valence-corrected chi connectivity index (χ4v) is 1.71. The molecule has 0 aliphatic carbocycles. The van der Waals surface area contributed by atoms with Crippen LogP contribution in [0.3, 0.4) is 0 Å². The van der Waals surface area contributed by atoms with Gasteiger partial charge in [-0.25, -0.2) is 4.79 Å². The smallest absolute Gasteiger partial charge is 0.412 e. The zero-order valence-electron chi connectivity index (χ0n) is 12.6. The molecule has 1 aromatic rings. The Kier molecular flexibility index (Phi) is 5.53. The Hall–Kier alpha value is -1.59. The van der Waals surface area contributed by atoms with Crippen LogP contribution in [0.2, 0.25) is 0 Å². The van der Waals surface area contributed by atoms with Crippen LogP contribution >= 0.6 is 0 Å². The maximum absolute atomic E-state index is 11.8. The maximum atomic E-state index is 11.8. The summed E-state index contributed by atoms with van der Waals surface area (Å²) in [7, 11) is 0. The van der Waals surface area contributed by atoms with Crippen molar-refractivity contribution in [2.75, 3.05) is 11.9 Å². The highest BCUT2D eigenvalue weighted by atomic mass is 16.6. The minimum absolute atomic E-state index is 0.0668. The number of nitrogens with one attached hydrogen (secondary N) is 1. The van der Waals surface area contributed by atoms with Crippen molar-refractivity contribution in [3.8, 4) is 0 Å². The van der Waals surface area contributed by atoms with Crippen molar-refractivity contribution in [1.82, 2.24) is 0 Å². The first-order valence-corrected chi connectivity index (χ1v) is 6.67. The van der Waals surface area contributed by atoms with Crippen LogP contribution in [0.15, 0.2) is 18.2 Å². The van der Waals surface area contributed by atoms with E-state index in [-0.39, 0.29) is 12.6 Å². The number of carbonyl (C=O) groups is 1. The average Bonchev–Trinajstić information content (AvgIpc) is 2.30. The van der Waals surface area contributed by atoms with Crippen LogP contribution in [0.25, 0.3) is 0 Å². The molecule has 112 valence electrons. The summed E-state index contributed by atoms with van der Waals surface area (Å²) in [5.41, 5.74) is 7.78. The molecule has 0 fully saturated rings. The summed E-state index contributed by atoms with van der Waals surface area (Å²) in [5, 5.41) is 11.7. The predicted molar refractivity (Wildman–Crippen MR) is 79.8 cm³/mol. The Morgan fingerprint density at radius 3 is 2.65 bits per heavy atom. The van der Waals surface area contributed by atoms with Gasteiger partial charge in [0.25, 0.3) is 0 Å². The molecule has 5 heteroatoms. The third-order valence-corrected chi connectivity index (χ3v) is 2.67. The highest BCUT2D eigenvalue weighted by molar-refractivity contribution is 5.86. The molecule has 0 aliphatic rings. The van der Waals surface area contributed by atoms with Crippen molar-refractivity contribution in [2.24, 2.45) is 5.73 Å². The molecule has 1 unspecified atom stereocenters. The van der Waals surface area contributed by atoms with Gasteiger partial charge in [0.05, 0.1) is 6.61 Å². The van der Waals surface area contributed by atoms with Gasteiger partial charge in [0.2, 0.25) is 0 Å². The maximum Gasteiger partial charge on any atom is 0.412 e. The molecule has 0 radical (unpaired) electrons. The molecule has 5 nitrogen and oxygen atoms in total. The lowest BCUT2D eigenvalue weighted by molar-refractivity contribution is 0.0636. The lowest BCUT2D eigenvalue weighted by atomic mass is 10.0. The third kappa shape index (κ3) is 5.59. The van der Waals surface area contributed by atoms with Crippen LogP contribution < -0.4 is 11.1 Å². The normalized spacial score (nSPS) is 12.9. The fraction of sp³-hybridized carbons (Fsp3) is 0.533. The van der Waals surface area contributed by atoms with E-state index >= 15 is 0 Å². The van der Waals surface area contributed by atoms with Crippen LogP contribution in [0.5, 0.6) is 0 Å². The van der Waals surface area contributed by atoms with E-state index in [0.29, 0.717) is 12.1 Å². The zero-order valence-corrected chi connectivity index (χ0v) is 12.6. The van der Waals surface area contributed by atoms with Gasteiger partial charge in [0.1, 0.15) is 5.60 Å². The Morgan fingerprint density at radius 1 is 1.45 bits per heavy atom. The first kappa shape index (κ1) is 16.5. The van der Waals surface area contributed by atoms with Crippen LogP contribution in [0.4, 0.5) is 10.5 Å². The number of amides is 1. The monoisotopic (exact) mass is 280 g/mol. The SMILES string of the molecule is Cc1ccc(CC(N)CO)cc1NC(=O)OC(C)(C)C. The number of aliphatic hydroxyl groups is 1. The highest BCUT2D eigenvalue weighted by Crippen LogP contribution is 2.19. The van der Waals surface area contributed by atoms with Gasteiger partial charge in [-0.3, -0.25) is 5.32 Å². The van der Waals surface area contributed by atoms with Crippen molar-refractivity contribution in [2.45, 2.75) is 45.8 Å². The van der Waals surface area contributed by atoms with Gasteiger partial charge in [-0.05, 0) is 51.3 Å². The van der Waals surface area contributed by atoms with E-state index in [9.17, 15) is 4.79 Å². The number of anilines is 1. The first-order valence-electron chi connectivity index (χ1n) is 6.67. The molecular weight excluding hydrogens is 256 g/mol. The molecule has 1 aromatic carbocycles. The molecule has 0 heterocycles. The van der Waals surface area contributed by atoms with E-state index in [4.69, 9.17) is 15.6 Å². The van der Waals surface area contributed by atoms with Gasteiger partial charge >= 0.3 is 6.09 Å². The average molecular weight is 280 g/mol. The van der Waals surface area contributed by atoms with E-state index in [0.717, 1.165) is 11.1 Å². The second kappa shape index (κ2) is 6.72. The molecule has 1 rings (SSSR count). The number of carbonyl (C=O) groups excluding carboxylic acids is 1. The van der Waals surface area contributed by atoms with E-state index in [1.165, 1.54) is 0 Å². The summed E-state index contributed by atoms with van der Waals surface area (Å²) >= 11 is 0. The van der Waals surface area contributed by atoms with E-state index < -0.39 is 11.7 Å². The molecular formula is C15H24N2O3. The Morgan fingerprint density at radius 2 is 2.10 bits per heavy atom. The van der Waals surface area contributed by atoms with Crippen molar-refractivity contribution < 1.29 is 14.6 Å². The van der Waals surface area contributed by atoms with E-state index in [1.807, 2.05) is 45.9 Å². The summed E-state index contributed by atoms with van der Waals surface area (Å²) in [6.45, 7) is 7.29. The van der Waals surface area contributed by atoms with Gasteiger partial charge < -0.3 is 15.6 Å².